The van der Waals surface area contributed by atoms with Gasteiger partial charge in [-0.25, -0.2) is 13.1 Å². The lowest BCUT2D eigenvalue weighted by Crippen LogP contribution is -2.47. The molecule has 2 aliphatic heterocycles. The molecule has 24 heavy (non-hydrogen) atoms. The van der Waals surface area contributed by atoms with Crippen molar-refractivity contribution in [2.75, 3.05) is 0 Å². The average molecular weight is 405 g/mol. The van der Waals surface area contributed by atoms with E-state index in [1.165, 1.54) is 0 Å². The summed E-state index contributed by atoms with van der Waals surface area (Å²) in [5.74, 6) is 0. The summed E-state index contributed by atoms with van der Waals surface area (Å²) in [6, 6.07) is 2.93. The van der Waals surface area contributed by atoms with Crippen molar-refractivity contribution in [3.05, 3.63) is 28.8 Å². The van der Waals surface area contributed by atoms with Crippen LogP contribution in [0.2, 0.25) is 5.02 Å². The maximum absolute atomic E-state index is 12.9. The molecule has 2 aliphatic rings. The fourth-order valence-corrected chi connectivity index (χ4v) is 4.84. The van der Waals surface area contributed by atoms with Gasteiger partial charge in [-0.3, -0.25) is 0 Å². The molecule has 0 radical (unpaired) electrons. The van der Waals surface area contributed by atoms with Gasteiger partial charge in [0.1, 0.15) is 0 Å². The quantitative estimate of drug-likeness (QED) is 0.811. The van der Waals surface area contributed by atoms with Crippen LogP contribution < -0.4 is 10.0 Å². The first-order valence-electron chi connectivity index (χ1n) is 7.30. The summed E-state index contributed by atoms with van der Waals surface area (Å²) in [5, 5.41) is 2.86. The van der Waals surface area contributed by atoms with Crippen LogP contribution in [0.4, 0.5) is 13.2 Å². The molecule has 0 aromatic heterocycles. The van der Waals surface area contributed by atoms with Crippen molar-refractivity contribution in [1.82, 2.24) is 10.0 Å². The number of sulfonamides is 1. The Morgan fingerprint density at radius 1 is 1.17 bits per heavy atom. The Hall–Kier alpha value is -0.540. The minimum Gasteiger partial charge on any atom is -0.311 e. The highest BCUT2D eigenvalue weighted by molar-refractivity contribution is 7.89. The van der Waals surface area contributed by atoms with Gasteiger partial charge in [0.15, 0.2) is 0 Å². The van der Waals surface area contributed by atoms with Gasteiger partial charge in [-0.1, -0.05) is 11.6 Å². The molecular weight excluding hydrogens is 388 g/mol. The van der Waals surface area contributed by atoms with Crippen LogP contribution in [0.1, 0.15) is 31.2 Å². The Labute approximate surface area is 149 Å². The Bertz CT molecular complexity index is 700. The van der Waals surface area contributed by atoms with E-state index in [2.05, 4.69) is 10.0 Å². The molecule has 0 aliphatic carbocycles. The molecule has 4 nitrogen and oxygen atoms in total. The zero-order valence-corrected chi connectivity index (χ0v) is 14.8. The molecule has 0 amide bonds. The standard InChI is InChI=1S/C14H16ClF3N2O2S.ClH/c15-13-4-3-11(7-12(13)14(16,17)18)23(21,22)20-10-5-8-1-2-9(6-10)19-8;/h3-4,7-10,19-20H,1-2,5-6H2;1H. The molecule has 2 saturated heterocycles. The van der Waals surface area contributed by atoms with Crippen molar-refractivity contribution < 1.29 is 21.6 Å². The van der Waals surface area contributed by atoms with Crippen molar-refractivity contribution in [3.63, 3.8) is 0 Å². The van der Waals surface area contributed by atoms with E-state index < -0.39 is 31.7 Å². The first kappa shape index (κ1) is 19.8. The number of rotatable bonds is 3. The SMILES string of the molecule is Cl.O=S(=O)(NC1CC2CCC(C1)N2)c1ccc(Cl)c(C(F)(F)F)c1. The van der Waals surface area contributed by atoms with Crippen molar-refractivity contribution in [2.45, 2.75) is 54.9 Å². The molecule has 2 heterocycles. The molecule has 0 spiro atoms. The number of hydrogen-bond acceptors (Lipinski definition) is 3. The lowest BCUT2D eigenvalue weighted by atomic mass is 10.0. The monoisotopic (exact) mass is 404 g/mol. The zero-order valence-electron chi connectivity index (χ0n) is 12.4. The molecular formula is C14H17Cl2F3N2O2S. The maximum atomic E-state index is 12.9. The van der Waals surface area contributed by atoms with E-state index in [1.807, 2.05) is 0 Å². The molecule has 1 aromatic carbocycles. The molecule has 2 bridgehead atoms. The van der Waals surface area contributed by atoms with Crippen LogP contribution in [0.5, 0.6) is 0 Å². The van der Waals surface area contributed by atoms with Gasteiger partial charge in [-0.2, -0.15) is 13.2 Å². The second-order valence-corrected chi connectivity index (χ2v) is 8.19. The number of benzene rings is 1. The normalized spacial score (nSPS) is 26.9. The van der Waals surface area contributed by atoms with Gasteiger partial charge < -0.3 is 5.32 Å². The summed E-state index contributed by atoms with van der Waals surface area (Å²) in [6.45, 7) is 0. The van der Waals surface area contributed by atoms with Crippen molar-refractivity contribution in [3.8, 4) is 0 Å². The third kappa shape index (κ3) is 4.16. The smallest absolute Gasteiger partial charge is 0.311 e. The molecule has 3 rings (SSSR count). The minimum atomic E-state index is -4.70. The van der Waals surface area contributed by atoms with Crippen LogP contribution in [0, 0.1) is 0 Å². The highest BCUT2D eigenvalue weighted by Crippen LogP contribution is 2.36. The Kier molecular flexibility index (Phi) is 5.76. The van der Waals surface area contributed by atoms with Crippen LogP contribution in [0.15, 0.2) is 23.1 Å². The highest BCUT2D eigenvalue weighted by atomic mass is 35.5. The van der Waals surface area contributed by atoms with Gasteiger partial charge in [0.05, 0.1) is 15.5 Å². The molecule has 2 N–H and O–H groups in total. The van der Waals surface area contributed by atoms with E-state index in [1.54, 1.807) is 0 Å². The summed E-state index contributed by atoms with van der Waals surface area (Å²) < 4.78 is 65.9. The number of alkyl halides is 3. The van der Waals surface area contributed by atoms with Crippen LogP contribution in [-0.2, 0) is 16.2 Å². The third-order valence-electron chi connectivity index (χ3n) is 4.35. The molecule has 2 fully saturated rings. The van der Waals surface area contributed by atoms with Gasteiger partial charge in [0.2, 0.25) is 10.0 Å². The summed E-state index contributed by atoms with van der Waals surface area (Å²) in [7, 11) is -4.01. The van der Waals surface area contributed by atoms with Crippen molar-refractivity contribution in [1.29, 1.82) is 0 Å². The summed E-state index contributed by atoms with van der Waals surface area (Å²) in [5.41, 5.74) is -1.15. The van der Waals surface area contributed by atoms with E-state index >= 15 is 0 Å². The van der Waals surface area contributed by atoms with Crippen molar-refractivity contribution in [2.24, 2.45) is 0 Å². The second-order valence-electron chi connectivity index (χ2n) is 6.07. The van der Waals surface area contributed by atoms with Gasteiger partial charge in [0, 0.05) is 18.1 Å². The van der Waals surface area contributed by atoms with E-state index in [9.17, 15) is 21.6 Å². The number of hydrogen-bond donors (Lipinski definition) is 2. The van der Waals surface area contributed by atoms with Gasteiger partial charge in [-0.05, 0) is 43.9 Å². The van der Waals surface area contributed by atoms with Gasteiger partial charge in [-0.15, -0.1) is 12.4 Å². The summed E-state index contributed by atoms with van der Waals surface area (Å²) in [6.07, 6.45) is -1.40. The van der Waals surface area contributed by atoms with E-state index in [-0.39, 0.29) is 30.5 Å². The maximum Gasteiger partial charge on any atom is 0.417 e. The van der Waals surface area contributed by atoms with Crippen molar-refractivity contribution >= 4 is 34.0 Å². The van der Waals surface area contributed by atoms with Gasteiger partial charge >= 0.3 is 6.18 Å². The second kappa shape index (κ2) is 6.99. The number of nitrogens with one attached hydrogen (secondary N) is 2. The van der Waals surface area contributed by atoms with Gasteiger partial charge in [0.25, 0.3) is 0 Å². The van der Waals surface area contributed by atoms with Crippen LogP contribution in [0.25, 0.3) is 0 Å². The summed E-state index contributed by atoms with van der Waals surface area (Å²) in [4.78, 5) is -0.417. The lowest BCUT2D eigenvalue weighted by Gasteiger charge is -2.29. The molecule has 10 heteroatoms. The Balaban J connectivity index is 0.00000208. The molecule has 0 saturated carbocycles. The lowest BCUT2D eigenvalue weighted by molar-refractivity contribution is -0.137. The molecule has 2 atom stereocenters. The first-order chi connectivity index (χ1) is 10.6. The van der Waals surface area contributed by atoms with E-state index in [0.29, 0.717) is 18.9 Å². The fraction of sp³-hybridized carbons (Fsp3) is 0.571. The van der Waals surface area contributed by atoms with Crippen LogP contribution in [-0.4, -0.2) is 26.5 Å². The predicted molar refractivity (Wildman–Crippen MR) is 87.0 cm³/mol. The molecule has 2 unspecified atom stereocenters. The van der Waals surface area contributed by atoms with E-state index in [4.69, 9.17) is 11.6 Å². The largest absolute Gasteiger partial charge is 0.417 e. The number of halogens is 5. The minimum absolute atomic E-state index is 0. The topological polar surface area (TPSA) is 58.2 Å². The summed E-state index contributed by atoms with van der Waals surface area (Å²) >= 11 is 5.53. The van der Waals surface area contributed by atoms with E-state index in [0.717, 1.165) is 25.0 Å². The third-order valence-corrected chi connectivity index (χ3v) is 6.20. The Morgan fingerprint density at radius 2 is 1.75 bits per heavy atom. The number of fused-ring (bicyclic) bond motifs is 2. The molecule has 136 valence electrons. The highest BCUT2D eigenvalue weighted by Gasteiger charge is 2.37. The Morgan fingerprint density at radius 3 is 2.29 bits per heavy atom. The van der Waals surface area contributed by atoms with Crippen LogP contribution in [0.3, 0.4) is 0 Å². The average Bonchev–Trinajstić information content (AvgIpc) is 2.76. The fourth-order valence-electron chi connectivity index (χ4n) is 3.33. The number of piperidine rings is 1. The predicted octanol–water partition coefficient (Wildman–Crippen LogP) is 3.34. The van der Waals surface area contributed by atoms with Crippen LogP contribution >= 0.6 is 24.0 Å². The zero-order chi connectivity index (χ0) is 16.8. The molecule has 1 aromatic rings. The first-order valence-corrected chi connectivity index (χ1v) is 9.16.